The fraction of sp³-hybridized carbons (Fsp3) is 0.850. The van der Waals surface area contributed by atoms with Crippen LogP contribution in [0.15, 0.2) is 24.3 Å². The van der Waals surface area contributed by atoms with Crippen molar-refractivity contribution >= 4 is 11.7 Å². The third-order valence-electron chi connectivity index (χ3n) is 9.82. The standard InChI is InChI=1S/C40H73NO6/c1-3-5-7-8-9-10-11-12-13-14-15-16-17-18-23-27-37(44)36(32-42)41-40(47)28-24-20-19-22-26-34-35(39(46)31-38(34)45)30-29-33(43)25-21-6-4-2/h23,27,29-30,33-37,39,42-44,46H,3-22,24-26,28,31-32H2,1-2H3,(H,41,47)/b27-23+,30-29+/t33-,34+,35+,36-,37+,39+/m0/s1. The number of aliphatic hydroxyl groups excluding tert-OH is 4. The van der Waals surface area contributed by atoms with E-state index in [1.165, 1.54) is 77.0 Å². The van der Waals surface area contributed by atoms with E-state index in [1.807, 2.05) is 12.2 Å². The highest BCUT2D eigenvalue weighted by atomic mass is 16.3. The number of aliphatic hydroxyl groups is 4. The van der Waals surface area contributed by atoms with Crippen molar-refractivity contribution in [1.29, 1.82) is 0 Å². The smallest absolute Gasteiger partial charge is 0.220 e. The summed E-state index contributed by atoms with van der Waals surface area (Å²) in [6, 6.07) is -0.708. The molecule has 0 aliphatic heterocycles. The number of Topliss-reactive ketones (excluding diaryl/α,β-unsaturated/α-hetero) is 1. The molecule has 1 rings (SSSR count). The molecular weight excluding hydrogens is 590 g/mol. The molecule has 0 radical (unpaired) electrons. The maximum Gasteiger partial charge on any atom is 0.220 e. The van der Waals surface area contributed by atoms with Gasteiger partial charge >= 0.3 is 0 Å². The summed E-state index contributed by atoms with van der Waals surface area (Å²) in [7, 11) is 0. The Morgan fingerprint density at radius 1 is 0.787 bits per heavy atom. The van der Waals surface area contributed by atoms with Gasteiger partial charge in [-0.1, -0.05) is 154 Å². The second-order valence-electron chi connectivity index (χ2n) is 14.1. The van der Waals surface area contributed by atoms with E-state index in [1.54, 1.807) is 12.2 Å². The summed E-state index contributed by atoms with van der Waals surface area (Å²) < 4.78 is 0. The highest BCUT2D eigenvalue weighted by Crippen LogP contribution is 2.34. The van der Waals surface area contributed by atoms with E-state index in [0.717, 1.165) is 51.4 Å². The highest BCUT2D eigenvalue weighted by Gasteiger charge is 2.39. The Hall–Kier alpha value is -1.54. The van der Waals surface area contributed by atoms with Gasteiger partial charge in [-0.15, -0.1) is 0 Å². The second kappa shape index (κ2) is 29.4. The lowest BCUT2D eigenvalue weighted by Gasteiger charge is -2.20. The second-order valence-corrected chi connectivity index (χ2v) is 14.1. The van der Waals surface area contributed by atoms with Crippen molar-refractivity contribution in [2.24, 2.45) is 11.8 Å². The lowest BCUT2D eigenvalue weighted by molar-refractivity contribution is -0.123. The Labute approximate surface area is 288 Å². The predicted octanol–water partition coefficient (Wildman–Crippen LogP) is 8.27. The number of ketones is 1. The number of unbranched alkanes of at least 4 members (excludes halogenated alkanes) is 18. The van der Waals surface area contributed by atoms with Crippen molar-refractivity contribution < 1.29 is 30.0 Å². The minimum Gasteiger partial charge on any atom is -0.394 e. The first-order chi connectivity index (χ1) is 22.8. The van der Waals surface area contributed by atoms with Gasteiger partial charge in [0, 0.05) is 24.7 Å². The van der Waals surface area contributed by atoms with E-state index in [4.69, 9.17) is 0 Å². The van der Waals surface area contributed by atoms with Gasteiger partial charge in [-0.05, 0) is 32.1 Å². The topological polar surface area (TPSA) is 127 Å². The molecule has 1 fully saturated rings. The highest BCUT2D eigenvalue weighted by molar-refractivity contribution is 5.84. The quantitative estimate of drug-likeness (QED) is 0.0375. The zero-order valence-electron chi connectivity index (χ0n) is 30.3. The molecule has 0 aromatic heterocycles. The summed E-state index contributed by atoms with van der Waals surface area (Å²) >= 11 is 0. The Balaban J connectivity index is 2.15. The first kappa shape index (κ1) is 43.5. The molecule has 1 aliphatic rings. The molecule has 274 valence electrons. The Bertz CT molecular complexity index is 830. The first-order valence-corrected chi connectivity index (χ1v) is 19.7. The fourth-order valence-corrected chi connectivity index (χ4v) is 6.72. The molecule has 0 aromatic carbocycles. The molecule has 1 saturated carbocycles. The lowest BCUT2D eigenvalue weighted by atomic mass is 9.88. The monoisotopic (exact) mass is 664 g/mol. The minimum atomic E-state index is -0.912. The van der Waals surface area contributed by atoms with Crippen LogP contribution in [-0.2, 0) is 9.59 Å². The van der Waals surface area contributed by atoms with Crippen molar-refractivity contribution in [2.75, 3.05) is 6.61 Å². The van der Waals surface area contributed by atoms with E-state index in [2.05, 4.69) is 19.2 Å². The number of allylic oxidation sites excluding steroid dienone is 1. The van der Waals surface area contributed by atoms with E-state index < -0.39 is 24.4 Å². The summed E-state index contributed by atoms with van der Waals surface area (Å²) in [4.78, 5) is 24.9. The maximum atomic E-state index is 12.5. The summed E-state index contributed by atoms with van der Waals surface area (Å²) in [6.45, 7) is 4.07. The van der Waals surface area contributed by atoms with Gasteiger partial charge in [0.05, 0.1) is 31.0 Å². The van der Waals surface area contributed by atoms with Crippen LogP contribution in [0, 0.1) is 11.8 Å². The van der Waals surface area contributed by atoms with E-state index >= 15 is 0 Å². The first-order valence-electron chi connectivity index (χ1n) is 19.7. The molecule has 1 aliphatic carbocycles. The van der Waals surface area contributed by atoms with E-state index in [0.29, 0.717) is 25.7 Å². The molecule has 0 heterocycles. The number of carbonyl (C=O) groups is 2. The third kappa shape index (κ3) is 21.9. The largest absolute Gasteiger partial charge is 0.394 e. The Morgan fingerprint density at radius 3 is 1.96 bits per heavy atom. The minimum absolute atomic E-state index is 0.0963. The van der Waals surface area contributed by atoms with Crippen molar-refractivity contribution in [3.05, 3.63) is 24.3 Å². The van der Waals surface area contributed by atoms with E-state index in [-0.39, 0.29) is 36.6 Å². The molecule has 1 amide bonds. The molecule has 5 N–H and O–H groups in total. The van der Waals surface area contributed by atoms with E-state index in [9.17, 15) is 30.0 Å². The van der Waals surface area contributed by atoms with Crippen molar-refractivity contribution in [2.45, 2.75) is 199 Å². The number of hydrogen-bond acceptors (Lipinski definition) is 6. The van der Waals surface area contributed by atoms with Crippen LogP contribution in [0.1, 0.15) is 174 Å². The van der Waals surface area contributed by atoms with Gasteiger partial charge in [-0.2, -0.15) is 0 Å². The molecule has 7 heteroatoms. The lowest BCUT2D eigenvalue weighted by Crippen LogP contribution is -2.45. The molecule has 6 atom stereocenters. The zero-order valence-corrected chi connectivity index (χ0v) is 30.3. The summed E-state index contributed by atoms with van der Waals surface area (Å²) in [5.41, 5.74) is 0. The molecule has 7 nitrogen and oxygen atoms in total. The number of amides is 1. The normalized spacial score (nSPS) is 20.4. The Morgan fingerprint density at radius 2 is 1.34 bits per heavy atom. The third-order valence-corrected chi connectivity index (χ3v) is 9.82. The van der Waals surface area contributed by atoms with Crippen LogP contribution in [0.25, 0.3) is 0 Å². The Kier molecular flexibility index (Phi) is 27.2. The van der Waals surface area contributed by atoms with Gasteiger partial charge < -0.3 is 25.7 Å². The predicted molar refractivity (Wildman–Crippen MR) is 194 cm³/mol. The van der Waals surface area contributed by atoms with Crippen LogP contribution in [0.4, 0.5) is 0 Å². The van der Waals surface area contributed by atoms with Crippen LogP contribution in [-0.4, -0.2) is 63.1 Å². The molecular formula is C40H73NO6. The summed E-state index contributed by atoms with van der Waals surface area (Å²) in [6.07, 6.45) is 31.5. The molecule has 0 unspecified atom stereocenters. The molecule has 0 saturated heterocycles. The van der Waals surface area contributed by atoms with Crippen molar-refractivity contribution in [3.63, 3.8) is 0 Å². The van der Waals surface area contributed by atoms with Gasteiger partial charge in [0.25, 0.3) is 0 Å². The van der Waals surface area contributed by atoms with Crippen molar-refractivity contribution in [1.82, 2.24) is 5.32 Å². The van der Waals surface area contributed by atoms with Crippen LogP contribution < -0.4 is 5.32 Å². The molecule has 0 bridgehead atoms. The molecule has 47 heavy (non-hydrogen) atoms. The van der Waals surface area contributed by atoms with Crippen LogP contribution in [0.3, 0.4) is 0 Å². The number of carbonyl (C=O) groups excluding carboxylic acids is 2. The molecule has 0 aromatic rings. The van der Waals surface area contributed by atoms with Crippen LogP contribution >= 0.6 is 0 Å². The zero-order chi connectivity index (χ0) is 34.5. The van der Waals surface area contributed by atoms with Gasteiger partial charge in [-0.3, -0.25) is 9.59 Å². The SMILES string of the molecule is CCCCCCCCCCCCCCC/C=C/[C@@H](O)[C@H](CO)NC(=O)CCCCCC[C@H]1C(=O)C[C@@H](O)[C@@H]1/C=C/[C@@H](O)CCCCC. The van der Waals surface area contributed by atoms with Gasteiger partial charge in [0.15, 0.2) is 0 Å². The average Bonchev–Trinajstić information content (AvgIpc) is 3.33. The van der Waals surface area contributed by atoms with Gasteiger partial charge in [0.2, 0.25) is 5.91 Å². The number of nitrogens with one attached hydrogen (secondary N) is 1. The maximum absolute atomic E-state index is 12.5. The molecule has 0 spiro atoms. The summed E-state index contributed by atoms with van der Waals surface area (Å²) in [5, 5.41) is 43.6. The van der Waals surface area contributed by atoms with Crippen LogP contribution in [0.5, 0.6) is 0 Å². The van der Waals surface area contributed by atoms with Gasteiger partial charge in [-0.25, -0.2) is 0 Å². The summed E-state index contributed by atoms with van der Waals surface area (Å²) in [5.74, 6) is -0.528. The van der Waals surface area contributed by atoms with Crippen LogP contribution in [0.2, 0.25) is 0 Å². The van der Waals surface area contributed by atoms with Gasteiger partial charge in [0.1, 0.15) is 5.78 Å². The number of rotatable bonds is 31. The average molecular weight is 664 g/mol. The number of hydrogen-bond donors (Lipinski definition) is 5. The fourth-order valence-electron chi connectivity index (χ4n) is 6.72. The van der Waals surface area contributed by atoms with Crippen molar-refractivity contribution in [3.8, 4) is 0 Å².